The highest BCUT2D eigenvalue weighted by molar-refractivity contribution is 9.09. The monoisotopic (exact) mass is 303 g/mol. The summed E-state index contributed by atoms with van der Waals surface area (Å²) in [6.45, 7) is 10.5. The molecule has 0 aliphatic carbocycles. The number of carbonyl (C=O) groups is 1. The lowest BCUT2D eigenvalue weighted by Crippen LogP contribution is -2.47. The van der Waals surface area contributed by atoms with Gasteiger partial charge in [0, 0.05) is 11.9 Å². The fraction of sp³-hybridized carbons (Fsp3) is 0.769. The first-order chi connectivity index (χ1) is 7.85. The van der Waals surface area contributed by atoms with Gasteiger partial charge in [0.15, 0.2) is 0 Å². The molecule has 4 heteroatoms. The second-order valence-corrected chi connectivity index (χ2v) is 6.04. The minimum absolute atomic E-state index is 0.123. The van der Waals surface area contributed by atoms with Crippen molar-refractivity contribution in [3.63, 3.8) is 0 Å². The summed E-state index contributed by atoms with van der Waals surface area (Å²) in [7, 11) is 0. The van der Waals surface area contributed by atoms with Gasteiger partial charge in [-0.25, -0.2) is 4.79 Å². The van der Waals surface area contributed by atoms with E-state index in [1.807, 2.05) is 25.7 Å². The van der Waals surface area contributed by atoms with Crippen molar-refractivity contribution in [3.8, 4) is 0 Å². The average Bonchev–Trinajstić information content (AvgIpc) is 2.25. The molecule has 0 saturated carbocycles. The molecule has 0 aromatic heterocycles. The van der Waals surface area contributed by atoms with Crippen molar-refractivity contribution in [2.45, 2.75) is 51.7 Å². The van der Waals surface area contributed by atoms with Crippen LogP contribution < -0.4 is 0 Å². The molecule has 1 atom stereocenters. The van der Waals surface area contributed by atoms with Crippen molar-refractivity contribution in [3.05, 3.63) is 12.2 Å². The molecule has 17 heavy (non-hydrogen) atoms. The van der Waals surface area contributed by atoms with Crippen LogP contribution in [0.5, 0.6) is 0 Å². The maximum absolute atomic E-state index is 12.1. The van der Waals surface area contributed by atoms with E-state index in [9.17, 15) is 4.79 Å². The van der Waals surface area contributed by atoms with Crippen LogP contribution in [0.3, 0.4) is 0 Å². The molecule has 0 radical (unpaired) electrons. The van der Waals surface area contributed by atoms with E-state index < -0.39 is 5.60 Å². The first kappa shape index (κ1) is 14.6. The molecular weight excluding hydrogens is 282 g/mol. The molecule has 1 saturated heterocycles. The van der Waals surface area contributed by atoms with Crippen LogP contribution in [0, 0.1) is 0 Å². The SMILES string of the molecule is C=C(CBr)C1CCCCN1C(=O)OC(C)(C)C. The molecular formula is C13H22BrNO2. The van der Waals surface area contributed by atoms with Crippen LogP contribution >= 0.6 is 15.9 Å². The van der Waals surface area contributed by atoms with Crippen LogP contribution in [0.2, 0.25) is 0 Å². The molecule has 1 aliphatic rings. The molecule has 98 valence electrons. The van der Waals surface area contributed by atoms with E-state index in [-0.39, 0.29) is 12.1 Å². The maximum atomic E-state index is 12.1. The Hall–Kier alpha value is -0.510. The van der Waals surface area contributed by atoms with E-state index >= 15 is 0 Å². The lowest BCUT2D eigenvalue weighted by Gasteiger charge is -2.37. The summed E-state index contributed by atoms with van der Waals surface area (Å²) in [6, 6.07) is 0.123. The highest BCUT2D eigenvalue weighted by Crippen LogP contribution is 2.25. The molecule has 1 rings (SSSR count). The van der Waals surface area contributed by atoms with Gasteiger partial charge in [-0.15, -0.1) is 0 Å². The Morgan fingerprint density at radius 1 is 1.47 bits per heavy atom. The van der Waals surface area contributed by atoms with E-state index in [4.69, 9.17) is 4.74 Å². The quantitative estimate of drug-likeness (QED) is 0.575. The minimum Gasteiger partial charge on any atom is -0.444 e. The minimum atomic E-state index is -0.436. The molecule has 0 N–H and O–H groups in total. The third-order valence-electron chi connectivity index (χ3n) is 2.77. The summed E-state index contributed by atoms with van der Waals surface area (Å²) in [5, 5.41) is 0.733. The van der Waals surface area contributed by atoms with E-state index in [1.165, 1.54) is 0 Å². The maximum Gasteiger partial charge on any atom is 0.410 e. The third-order valence-corrected chi connectivity index (χ3v) is 3.49. The van der Waals surface area contributed by atoms with Gasteiger partial charge in [0.05, 0.1) is 6.04 Å². The highest BCUT2D eigenvalue weighted by Gasteiger charge is 2.31. The number of likely N-dealkylation sites (tertiary alicyclic amines) is 1. The topological polar surface area (TPSA) is 29.5 Å². The van der Waals surface area contributed by atoms with Gasteiger partial charge in [0.2, 0.25) is 0 Å². The lowest BCUT2D eigenvalue weighted by molar-refractivity contribution is 0.0139. The Kier molecular flexibility index (Phi) is 5.04. The predicted molar refractivity (Wildman–Crippen MR) is 73.5 cm³/mol. The molecule has 1 aliphatic heterocycles. The van der Waals surface area contributed by atoms with Crippen LogP contribution in [-0.4, -0.2) is 34.5 Å². The van der Waals surface area contributed by atoms with Gasteiger partial charge < -0.3 is 9.64 Å². The fourth-order valence-electron chi connectivity index (χ4n) is 1.98. The van der Waals surface area contributed by atoms with Crippen LogP contribution in [-0.2, 0) is 4.74 Å². The standard InChI is InChI=1S/C13H22BrNO2/c1-10(9-14)11-7-5-6-8-15(11)12(16)17-13(2,3)4/h11H,1,5-9H2,2-4H3. The van der Waals surface area contributed by atoms with Gasteiger partial charge in [-0.3, -0.25) is 0 Å². The zero-order valence-electron chi connectivity index (χ0n) is 11.0. The van der Waals surface area contributed by atoms with Crippen LogP contribution in [0.4, 0.5) is 4.79 Å². The van der Waals surface area contributed by atoms with E-state index in [0.717, 1.165) is 36.7 Å². The molecule has 0 aromatic rings. The highest BCUT2D eigenvalue weighted by atomic mass is 79.9. The first-order valence-corrected chi connectivity index (χ1v) is 7.20. The van der Waals surface area contributed by atoms with Crippen LogP contribution in [0.25, 0.3) is 0 Å². The Balaban J connectivity index is 2.71. The van der Waals surface area contributed by atoms with E-state index in [1.54, 1.807) is 0 Å². The second kappa shape index (κ2) is 5.89. The van der Waals surface area contributed by atoms with Crippen molar-refractivity contribution in [1.82, 2.24) is 4.90 Å². The molecule has 1 unspecified atom stereocenters. The average molecular weight is 304 g/mol. The number of hydrogen-bond donors (Lipinski definition) is 0. The van der Waals surface area contributed by atoms with Crippen molar-refractivity contribution in [2.24, 2.45) is 0 Å². The number of hydrogen-bond acceptors (Lipinski definition) is 2. The summed E-state index contributed by atoms with van der Waals surface area (Å²) in [5.41, 5.74) is 0.616. The molecule has 1 heterocycles. The van der Waals surface area contributed by atoms with E-state index in [2.05, 4.69) is 22.5 Å². The summed E-state index contributed by atoms with van der Waals surface area (Å²) in [4.78, 5) is 13.9. The number of nitrogens with zero attached hydrogens (tertiary/aromatic N) is 1. The number of alkyl halides is 1. The lowest BCUT2D eigenvalue weighted by atomic mass is 9.97. The molecule has 0 spiro atoms. The summed E-state index contributed by atoms with van der Waals surface area (Å²) in [6.07, 6.45) is 2.97. The van der Waals surface area contributed by atoms with Crippen molar-refractivity contribution in [2.75, 3.05) is 11.9 Å². The number of rotatable bonds is 2. The Labute approximate surface area is 112 Å². The summed E-state index contributed by atoms with van der Waals surface area (Å²) in [5.74, 6) is 0. The van der Waals surface area contributed by atoms with Crippen LogP contribution in [0.1, 0.15) is 40.0 Å². The van der Waals surface area contributed by atoms with Crippen molar-refractivity contribution < 1.29 is 9.53 Å². The molecule has 0 aromatic carbocycles. The molecule has 3 nitrogen and oxygen atoms in total. The van der Waals surface area contributed by atoms with Gasteiger partial charge in [-0.05, 0) is 45.6 Å². The van der Waals surface area contributed by atoms with Crippen molar-refractivity contribution in [1.29, 1.82) is 0 Å². The van der Waals surface area contributed by atoms with Gasteiger partial charge >= 0.3 is 6.09 Å². The molecule has 1 amide bonds. The normalized spacial score (nSPS) is 21.2. The van der Waals surface area contributed by atoms with Gasteiger partial charge in [0.25, 0.3) is 0 Å². The number of carbonyl (C=O) groups excluding carboxylic acids is 1. The number of amides is 1. The number of ether oxygens (including phenoxy) is 1. The third kappa shape index (κ3) is 4.34. The summed E-state index contributed by atoms with van der Waals surface area (Å²) < 4.78 is 5.43. The Bertz CT molecular complexity index is 296. The largest absolute Gasteiger partial charge is 0.444 e. The van der Waals surface area contributed by atoms with Gasteiger partial charge in [-0.1, -0.05) is 22.5 Å². The zero-order chi connectivity index (χ0) is 13.1. The Morgan fingerprint density at radius 3 is 2.65 bits per heavy atom. The molecule has 0 bridgehead atoms. The number of piperidine rings is 1. The zero-order valence-corrected chi connectivity index (χ0v) is 12.5. The van der Waals surface area contributed by atoms with E-state index in [0.29, 0.717) is 0 Å². The van der Waals surface area contributed by atoms with Crippen LogP contribution in [0.15, 0.2) is 12.2 Å². The smallest absolute Gasteiger partial charge is 0.410 e. The summed E-state index contributed by atoms with van der Waals surface area (Å²) >= 11 is 3.41. The number of halogens is 1. The molecule has 1 fully saturated rings. The first-order valence-electron chi connectivity index (χ1n) is 6.08. The fourth-order valence-corrected chi connectivity index (χ4v) is 2.36. The van der Waals surface area contributed by atoms with Crippen molar-refractivity contribution >= 4 is 22.0 Å². The second-order valence-electron chi connectivity index (χ2n) is 5.48. The predicted octanol–water partition coefficient (Wildman–Crippen LogP) is 3.73. The Morgan fingerprint density at radius 2 is 2.12 bits per heavy atom. The van der Waals surface area contributed by atoms with Gasteiger partial charge in [0.1, 0.15) is 5.60 Å². The van der Waals surface area contributed by atoms with Gasteiger partial charge in [-0.2, -0.15) is 0 Å².